The van der Waals surface area contributed by atoms with Crippen molar-refractivity contribution in [3.05, 3.63) is 42.7 Å². The second kappa shape index (κ2) is 6.05. The Balaban J connectivity index is 2.09. The zero-order valence-electron chi connectivity index (χ0n) is 13.5. The second-order valence-electron chi connectivity index (χ2n) is 5.74. The summed E-state index contributed by atoms with van der Waals surface area (Å²) in [5, 5.41) is 6.75. The van der Waals surface area contributed by atoms with Gasteiger partial charge in [-0.05, 0) is 13.0 Å². The molecule has 0 aromatic carbocycles. The zero-order valence-corrected chi connectivity index (χ0v) is 13.5. The predicted molar refractivity (Wildman–Crippen MR) is 86.5 cm³/mol. The van der Waals surface area contributed by atoms with Crippen LogP contribution < -0.4 is 10.2 Å². The van der Waals surface area contributed by atoms with E-state index in [4.69, 9.17) is 0 Å². The van der Waals surface area contributed by atoms with Crippen LogP contribution in [-0.2, 0) is 5.79 Å². The van der Waals surface area contributed by atoms with Crippen LogP contribution in [0, 0.1) is 0 Å². The number of pyridine rings is 1. The molecule has 0 spiro atoms. The third-order valence-electron chi connectivity index (χ3n) is 3.98. The molecule has 0 amide bonds. The summed E-state index contributed by atoms with van der Waals surface area (Å²) in [6.07, 6.45) is -2.07. The standard InChI is InChI=1S/C16H17F4N5/c1-3-7-24(4-2)14-8-13-22-15(17,10-16(18,19)20)11-5-6-21-9-12(11)25(13)23-14/h3,5-6,8-9,22H,1,4,7,10H2,2H3. The summed E-state index contributed by atoms with van der Waals surface area (Å²) in [7, 11) is 0. The van der Waals surface area contributed by atoms with E-state index < -0.39 is 18.4 Å². The number of nitrogens with one attached hydrogen (secondary N) is 1. The Kier molecular flexibility index (Phi) is 4.18. The molecular weight excluding hydrogens is 338 g/mol. The zero-order chi connectivity index (χ0) is 18.2. The van der Waals surface area contributed by atoms with E-state index in [1.54, 1.807) is 6.08 Å². The second-order valence-corrected chi connectivity index (χ2v) is 5.74. The van der Waals surface area contributed by atoms with Crippen molar-refractivity contribution < 1.29 is 17.6 Å². The molecule has 25 heavy (non-hydrogen) atoms. The highest BCUT2D eigenvalue weighted by Crippen LogP contribution is 2.44. The third kappa shape index (κ3) is 3.18. The first kappa shape index (κ1) is 17.2. The van der Waals surface area contributed by atoms with Crippen molar-refractivity contribution >= 4 is 11.6 Å². The molecule has 3 rings (SSSR count). The molecule has 9 heteroatoms. The molecule has 0 radical (unpaired) electrons. The minimum absolute atomic E-state index is 0.143. The lowest BCUT2D eigenvalue weighted by Crippen LogP contribution is -2.40. The number of likely N-dealkylation sites (N-methyl/N-ethyl adjacent to an activating group) is 1. The number of nitrogens with zero attached hydrogens (tertiary/aromatic N) is 4. The average molecular weight is 355 g/mol. The number of hydrogen-bond donors (Lipinski definition) is 1. The van der Waals surface area contributed by atoms with Crippen LogP contribution in [0.5, 0.6) is 0 Å². The van der Waals surface area contributed by atoms with Crippen LogP contribution in [0.15, 0.2) is 37.2 Å². The molecule has 1 N–H and O–H groups in total. The van der Waals surface area contributed by atoms with E-state index in [0.29, 0.717) is 18.9 Å². The highest BCUT2D eigenvalue weighted by molar-refractivity contribution is 5.62. The maximum absolute atomic E-state index is 15.3. The average Bonchev–Trinajstić information content (AvgIpc) is 2.94. The first-order chi connectivity index (χ1) is 11.8. The van der Waals surface area contributed by atoms with Crippen LogP contribution >= 0.6 is 0 Å². The van der Waals surface area contributed by atoms with Crippen molar-refractivity contribution in [1.29, 1.82) is 0 Å². The molecule has 3 heterocycles. The van der Waals surface area contributed by atoms with Crippen LogP contribution in [-0.4, -0.2) is 34.0 Å². The molecule has 0 saturated carbocycles. The summed E-state index contributed by atoms with van der Waals surface area (Å²) in [6, 6.07) is 2.76. The fraction of sp³-hybridized carbons (Fsp3) is 0.375. The SMILES string of the molecule is C=CCN(CC)c1cc2n(n1)-c1cnccc1C(F)(CC(F)(F)F)N2. The van der Waals surface area contributed by atoms with Crippen molar-refractivity contribution in [1.82, 2.24) is 14.8 Å². The van der Waals surface area contributed by atoms with E-state index in [2.05, 4.69) is 22.0 Å². The molecule has 0 fully saturated rings. The van der Waals surface area contributed by atoms with Gasteiger partial charge in [-0.25, -0.2) is 9.07 Å². The number of anilines is 2. The fourth-order valence-electron chi connectivity index (χ4n) is 2.91. The topological polar surface area (TPSA) is 46.0 Å². The maximum atomic E-state index is 15.3. The molecule has 2 aromatic heterocycles. The fourth-order valence-corrected chi connectivity index (χ4v) is 2.91. The summed E-state index contributed by atoms with van der Waals surface area (Å²) in [6.45, 7) is 6.71. The van der Waals surface area contributed by atoms with E-state index in [0.717, 1.165) is 0 Å². The van der Waals surface area contributed by atoms with Gasteiger partial charge in [-0.2, -0.15) is 13.2 Å². The Morgan fingerprint density at radius 3 is 2.84 bits per heavy atom. The summed E-state index contributed by atoms with van der Waals surface area (Å²) in [4.78, 5) is 5.76. The Bertz CT molecular complexity index is 785. The molecule has 1 aliphatic rings. The van der Waals surface area contributed by atoms with Gasteiger partial charge in [-0.1, -0.05) is 6.08 Å². The molecule has 1 atom stereocenters. The molecular formula is C16H17F4N5. The van der Waals surface area contributed by atoms with Gasteiger partial charge >= 0.3 is 6.18 Å². The van der Waals surface area contributed by atoms with Gasteiger partial charge in [0.2, 0.25) is 5.79 Å². The van der Waals surface area contributed by atoms with Gasteiger partial charge in [-0.15, -0.1) is 11.7 Å². The Hall–Kier alpha value is -2.58. The number of fused-ring (bicyclic) bond motifs is 3. The number of alkyl halides is 4. The smallest absolute Gasteiger partial charge is 0.352 e. The maximum Gasteiger partial charge on any atom is 0.394 e. The molecule has 5 nitrogen and oxygen atoms in total. The van der Waals surface area contributed by atoms with Crippen LogP contribution in [0.4, 0.5) is 29.2 Å². The first-order valence-electron chi connectivity index (χ1n) is 7.72. The van der Waals surface area contributed by atoms with Crippen LogP contribution in [0.1, 0.15) is 18.9 Å². The molecule has 0 saturated heterocycles. The van der Waals surface area contributed by atoms with Gasteiger partial charge in [-0.3, -0.25) is 4.98 Å². The van der Waals surface area contributed by atoms with Gasteiger partial charge in [0.05, 0.1) is 11.9 Å². The van der Waals surface area contributed by atoms with Crippen LogP contribution in [0.2, 0.25) is 0 Å². The monoisotopic (exact) mass is 355 g/mol. The van der Waals surface area contributed by atoms with Gasteiger partial charge in [0.15, 0.2) is 5.82 Å². The summed E-state index contributed by atoms with van der Waals surface area (Å²) in [5.41, 5.74) is 0.0395. The number of aromatic nitrogens is 3. The molecule has 0 aliphatic carbocycles. The van der Waals surface area contributed by atoms with Crippen molar-refractivity contribution in [2.75, 3.05) is 23.3 Å². The van der Waals surface area contributed by atoms with Crippen LogP contribution in [0.25, 0.3) is 5.69 Å². The molecule has 0 bridgehead atoms. The third-order valence-corrected chi connectivity index (χ3v) is 3.98. The highest BCUT2D eigenvalue weighted by Gasteiger charge is 2.48. The van der Waals surface area contributed by atoms with Crippen molar-refractivity contribution in [3.8, 4) is 5.69 Å². The van der Waals surface area contributed by atoms with E-state index in [1.807, 2.05) is 11.8 Å². The number of halogens is 4. The van der Waals surface area contributed by atoms with Gasteiger partial charge < -0.3 is 10.2 Å². The van der Waals surface area contributed by atoms with E-state index >= 15 is 4.39 Å². The largest absolute Gasteiger partial charge is 0.394 e. The highest BCUT2D eigenvalue weighted by atomic mass is 19.4. The molecule has 1 aliphatic heterocycles. The van der Waals surface area contributed by atoms with Crippen molar-refractivity contribution in [3.63, 3.8) is 0 Å². The lowest BCUT2D eigenvalue weighted by molar-refractivity contribution is -0.159. The van der Waals surface area contributed by atoms with Gasteiger partial charge in [0.1, 0.15) is 12.2 Å². The molecule has 2 aromatic rings. The van der Waals surface area contributed by atoms with Gasteiger partial charge in [0.25, 0.3) is 0 Å². The predicted octanol–water partition coefficient (Wildman–Crippen LogP) is 3.78. The van der Waals surface area contributed by atoms with Gasteiger partial charge in [0, 0.05) is 30.9 Å². The summed E-state index contributed by atoms with van der Waals surface area (Å²) >= 11 is 0. The summed E-state index contributed by atoms with van der Waals surface area (Å²) < 4.78 is 55.3. The van der Waals surface area contributed by atoms with E-state index in [-0.39, 0.29) is 17.1 Å². The minimum atomic E-state index is -4.67. The Labute approximate surface area is 142 Å². The Morgan fingerprint density at radius 2 is 2.20 bits per heavy atom. The van der Waals surface area contributed by atoms with E-state index in [9.17, 15) is 13.2 Å². The molecule has 134 valence electrons. The minimum Gasteiger partial charge on any atom is -0.352 e. The van der Waals surface area contributed by atoms with Crippen LogP contribution in [0.3, 0.4) is 0 Å². The number of rotatable bonds is 5. The van der Waals surface area contributed by atoms with E-state index in [1.165, 1.54) is 29.2 Å². The lowest BCUT2D eigenvalue weighted by atomic mass is 9.98. The lowest BCUT2D eigenvalue weighted by Gasteiger charge is -2.34. The van der Waals surface area contributed by atoms with Crippen molar-refractivity contribution in [2.24, 2.45) is 0 Å². The first-order valence-corrected chi connectivity index (χ1v) is 7.72. The van der Waals surface area contributed by atoms with Crippen molar-refractivity contribution in [2.45, 2.75) is 25.3 Å². The molecule has 1 unspecified atom stereocenters. The summed E-state index contributed by atoms with van der Waals surface area (Å²) in [5.74, 6) is -2.13. The Morgan fingerprint density at radius 1 is 1.44 bits per heavy atom. The quantitative estimate of drug-likeness (QED) is 0.504. The number of hydrogen-bond acceptors (Lipinski definition) is 4. The normalized spacial score (nSPS) is 18.9.